The van der Waals surface area contributed by atoms with E-state index in [1.165, 1.54) is 10.7 Å². The van der Waals surface area contributed by atoms with Crippen molar-refractivity contribution in [1.29, 1.82) is 0 Å². The van der Waals surface area contributed by atoms with Crippen LogP contribution in [0.15, 0.2) is 54.6 Å². The normalized spacial score (nSPS) is 19.9. The molecule has 1 aliphatic carbocycles. The van der Waals surface area contributed by atoms with Crippen LogP contribution < -0.4 is 14.4 Å². The number of hydrogen-bond donors (Lipinski definition) is 1. The van der Waals surface area contributed by atoms with Gasteiger partial charge in [-0.25, -0.2) is 8.42 Å². The van der Waals surface area contributed by atoms with Crippen LogP contribution in [0.4, 0.5) is 5.69 Å². The quantitative estimate of drug-likeness (QED) is 0.815. The monoisotopic (exact) mass is 414 g/mol. The summed E-state index contributed by atoms with van der Waals surface area (Å²) in [6.07, 6.45) is 4.48. The van der Waals surface area contributed by atoms with Crippen molar-refractivity contribution in [2.24, 2.45) is 0 Å². The Morgan fingerprint density at radius 2 is 1.69 bits per heavy atom. The largest absolute Gasteiger partial charge is 0.476 e. The Labute approximate surface area is 171 Å². The fourth-order valence-electron chi connectivity index (χ4n) is 4.01. The number of benzene rings is 2. The molecule has 7 heteroatoms. The average molecular weight is 415 g/mol. The van der Waals surface area contributed by atoms with Gasteiger partial charge in [0.15, 0.2) is 6.10 Å². The number of para-hydroxylation sites is 2. The first kappa shape index (κ1) is 19.8. The lowest BCUT2D eigenvalue weighted by Gasteiger charge is -2.35. The second-order valence-electron chi connectivity index (χ2n) is 7.69. The number of fused-ring (bicyclic) bond motifs is 1. The standard InChI is InChI=1S/C22H26N2O4S/c25-22(23-18-11-5-2-6-12-18)21-15-24(19-13-7-8-14-20(19)28-21)29(26,27)16-17-9-3-1-4-10-17/h1,3-4,7-10,13-14,18,21H,2,5-6,11-12,15-16H2,(H,23,25)/t21-/m0/s1. The molecule has 0 unspecified atom stereocenters. The lowest BCUT2D eigenvalue weighted by atomic mass is 9.95. The van der Waals surface area contributed by atoms with E-state index in [-0.39, 0.29) is 24.2 Å². The van der Waals surface area contributed by atoms with Gasteiger partial charge in [0.05, 0.1) is 18.0 Å². The summed E-state index contributed by atoms with van der Waals surface area (Å²) >= 11 is 0. The van der Waals surface area contributed by atoms with E-state index >= 15 is 0 Å². The van der Waals surface area contributed by atoms with E-state index in [0.29, 0.717) is 17.0 Å². The molecule has 1 amide bonds. The number of carbonyl (C=O) groups is 1. The van der Waals surface area contributed by atoms with Gasteiger partial charge in [-0.3, -0.25) is 9.10 Å². The van der Waals surface area contributed by atoms with Crippen molar-refractivity contribution in [3.05, 3.63) is 60.2 Å². The zero-order valence-electron chi connectivity index (χ0n) is 16.3. The molecular weight excluding hydrogens is 388 g/mol. The van der Waals surface area contributed by atoms with Crippen molar-refractivity contribution in [2.75, 3.05) is 10.8 Å². The molecule has 1 saturated carbocycles. The summed E-state index contributed by atoms with van der Waals surface area (Å²) in [6.45, 7) is -0.0231. The third kappa shape index (κ3) is 4.56. The van der Waals surface area contributed by atoms with Crippen LogP contribution in [0.25, 0.3) is 0 Å². The number of anilines is 1. The highest BCUT2D eigenvalue weighted by Gasteiger charge is 2.37. The Hall–Kier alpha value is -2.54. The number of hydrogen-bond acceptors (Lipinski definition) is 4. The van der Waals surface area contributed by atoms with Gasteiger partial charge in [0.1, 0.15) is 5.75 Å². The summed E-state index contributed by atoms with van der Waals surface area (Å²) in [7, 11) is -3.68. The van der Waals surface area contributed by atoms with Gasteiger partial charge < -0.3 is 10.1 Å². The molecule has 0 spiro atoms. The lowest BCUT2D eigenvalue weighted by molar-refractivity contribution is -0.128. The van der Waals surface area contributed by atoms with E-state index in [9.17, 15) is 13.2 Å². The van der Waals surface area contributed by atoms with Crippen LogP contribution in [0.2, 0.25) is 0 Å². The zero-order valence-corrected chi connectivity index (χ0v) is 17.1. The summed E-state index contributed by atoms with van der Waals surface area (Å²) < 4.78 is 33.6. The number of sulfonamides is 1. The Bertz CT molecular complexity index is 956. The lowest BCUT2D eigenvalue weighted by Crippen LogP contribution is -2.52. The van der Waals surface area contributed by atoms with Crippen LogP contribution in [-0.2, 0) is 20.6 Å². The second kappa shape index (κ2) is 8.45. The first-order valence-corrected chi connectivity index (χ1v) is 11.7. The fourth-order valence-corrected chi connectivity index (χ4v) is 5.59. The van der Waals surface area contributed by atoms with Crippen LogP contribution in [-0.4, -0.2) is 33.0 Å². The molecule has 0 bridgehead atoms. The number of nitrogens with zero attached hydrogens (tertiary/aromatic N) is 1. The molecule has 2 aromatic carbocycles. The van der Waals surface area contributed by atoms with E-state index < -0.39 is 16.1 Å². The van der Waals surface area contributed by atoms with Crippen molar-refractivity contribution in [1.82, 2.24) is 5.32 Å². The zero-order chi connectivity index (χ0) is 20.3. The molecule has 1 fully saturated rings. The molecule has 1 atom stereocenters. The van der Waals surface area contributed by atoms with Crippen molar-refractivity contribution < 1.29 is 17.9 Å². The van der Waals surface area contributed by atoms with Crippen LogP contribution in [0.5, 0.6) is 5.75 Å². The minimum Gasteiger partial charge on any atom is -0.476 e. The summed E-state index contributed by atoms with van der Waals surface area (Å²) in [6, 6.07) is 16.2. The molecule has 1 N–H and O–H groups in total. The first-order chi connectivity index (χ1) is 14.0. The van der Waals surface area contributed by atoms with E-state index in [2.05, 4.69) is 5.32 Å². The number of ether oxygens (including phenoxy) is 1. The average Bonchev–Trinajstić information content (AvgIpc) is 2.74. The molecule has 6 nitrogen and oxygen atoms in total. The Morgan fingerprint density at radius 3 is 2.45 bits per heavy atom. The number of nitrogens with one attached hydrogen (secondary N) is 1. The third-order valence-corrected chi connectivity index (χ3v) is 7.22. The Balaban J connectivity index is 1.56. The van der Waals surface area contributed by atoms with E-state index in [1.807, 2.05) is 18.2 Å². The van der Waals surface area contributed by atoms with Gasteiger partial charge in [-0.2, -0.15) is 0 Å². The minimum absolute atomic E-state index is 0.0231. The molecule has 1 heterocycles. The van der Waals surface area contributed by atoms with Gasteiger partial charge in [0.2, 0.25) is 10.0 Å². The summed E-state index contributed by atoms with van der Waals surface area (Å²) in [4.78, 5) is 12.8. The Kier molecular flexibility index (Phi) is 5.76. The van der Waals surface area contributed by atoms with E-state index in [4.69, 9.17) is 4.74 Å². The van der Waals surface area contributed by atoms with Gasteiger partial charge in [-0.1, -0.05) is 61.7 Å². The number of carbonyl (C=O) groups excluding carboxylic acids is 1. The molecule has 4 rings (SSSR count). The molecular formula is C22H26N2O4S. The van der Waals surface area contributed by atoms with Gasteiger partial charge >= 0.3 is 0 Å². The predicted molar refractivity (Wildman–Crippen MR) is 112 cm³/mol. The smallest absolute Gasteiger partial charge is 0.263 e. The van der Waals surface area contributed by atoms with Gasteiger partial charge in [0, 0.05) is 6.04 Å². The summed E-state index contributed by atoms with van der Waals surface area (Å²) in [5.74, 6) is 0.0459. The van der Waals surface area contributed by atoms with Crippen molar-refractivity contribution in [3.8, 4) is 5.75 Å². The van der Waals surface area contributed by atoms with Gasteiger partial charge in [-0.05, 0) is 30.5 Å². The summed E-state index contributed by atoms with van der Waals surface area (Å²) in [5, 5.41) is 3.06. The van der Waals surface area contributed by atoms with E-state index in [1.54, 1.807) is 36.4 Å². The Morgan fingerprint density at radius 1 is 1.00 bits per heavy atom. The van der Waals surface area contributed by atoms with Crippen molar-refractivity contribution >= 4 is 21.6 Å². The molecule has 2 aromatic rings. The maximum Gasteiger partial charge on any atom is 0.263 e. The fraction of sp³-hybridized carbons (Fsp3) is 0.409. The van der Waals surface area contributed by atoms with Crippen LogP contribution in [0.1, 0.15) is 37.7 Å². The van der Waals surface area contributed by atoms with Gasteiger partial charge in [0.25, 0.3) is 5.91 Å². The topological polar surface area (TPSA) is 75.7 Å². The molecule has 1 aliphatic heterocycles. The predicted octanol–water partition coefficient (Wildman–Crippen LogP) is 3.23. The SMILES string of the molecule is O=C(NC1CCCCC1)[C@@H]1CN(S(=O)(=O)Cc2ccccc2)c2ccccc2O1. The highest BCUT2D eigenvalue weighted by Crippen LogP contribution is 2.36. The highest BCUT2D eigenvalue weighted by atomic mass is 32.2. The van der Waals surface area contributed by atoms with Crippen LogP contribution in [0.3, 0.4) is 0 Å². The number of rotatable bonds is 5. The van der Waals surface area contributed by atoms with Crippen LogP contribution >= 0.6 is 0 Å². The van der Waals surface area contributed by atoms with Crippen molar-refractivity contribution in [3.63, 3.8) is 0 Å². The van der Waals surface area contributed by atoms with Crippen LogP contribution in [0, 0.1) is 0 Å². The second-order valence-corrected chi connectivity index (χ2v) is 9.58. The molecule has 29 heavy (non-hydrogen) atoms. The minimum atomic E-state index is -3.68. The summed E-state index contributed by atoms with van der Waals surface area (Å²) in [5.41, 5.74) is 1.19. The first-order valence-electron chi connectivity index (χ1n) is 10.1. The highest BCUT2D eigenvalue weighted by molar-refractivity contribution is 7.92. The molecule has 0 aromatic heterocycles. The third-order valence-electron chi connectivity index (χ3n) is 5.51. The molecule has 154 valence electrons. The van der Waals surface area contributed by atoms with Crippen molar-refractivity contribution in [2.45, 2.75) is 50.0 Å². The maximum atomic E-state index is 13.2. The molecule has 2 aliphatic rings. The van der Waals surface area contributed by atoms with E-state index in [0.717, 1.165) is 25.7 Å². The number of amides is 1. The van der Waals surface area contributed by atoms with Gasteiger partial charge in [-0.15, -0.1) is 0 Å². The maximum absolute atomic E-state index is 13.2. The molecule has 0 radical (unpaired) electrons. The molecule has 0 saturated heterocycles.